The molecule has 16 heavy (non-hydrogen) atoms. The zero-order chi connectivity index (χ0) is 12.1. The van der Waals surface area contributed by atoms with Crippen LogP contribution < -0.4 is 0 Å². The van der Waals surface area contributed by atoms with Crippen molar-refractivity contribution in [3.8, 4) is 0 Å². The largest absolute Gasteiger partial charge is 0.478 e. The van der Waals surface area contributed by atoms with E-state index in [1.165, 1.54) is 44.6 Å². The van der Waals surface area contributed by atoms with Gasteiger partial charge in [-0.15, -0.1) is 0 Å². The Hall–Kier alpha value is -1.05. The van der Waals surface area contributed by atoms with Crippen LogP contribution in [0.1, 0.15) is 58.3 Å². The molecule has 0 aliphatic heterocycles. The van der Waals surface area contributed by atoms with E-state index in [9.17, 15) is 4.79 Å². The van der Waals surface area contributed by atoms with E-state index in [0.717, 1.165) is 12.8 Å². The van der Waals surface area contributed by atoms with E-state index in [0.29, 0.717) is 0 Å². The van der Waals surface area contributed by atoms with E-state index in [1.54, 1.807) is 6.08 Å². The minimum absolute atomic E-state index is 0.850. The fourth-order valence-corrected chi connectivity index (χ4v) is 1.46. The summed E-state index contributed by atoms with van der Waals surface area (Å²) in [5.41, 5.74) is 0. The highest BCUT2D eigenvalue weighted by molar-refractivity contribution is 5.79. The Morgan fingerprint density at radius 1 is 1.25 bits per heavy atom. The first-order valence-electron chi connectivity index (χ1n) is 6.31. The Morgan fingerprint density at radius 3 is 2.25 bits per heavy atom. The van der Waals surface area contributed by atoms with E-state index in [1.807, 2.05) is 0 Å². The van der Waals surface area contributed by atoms with E-state index >= 15 is 0 Å². The van der Waals surface area contributed by atoms with Crippen LogP contribution in [0.3, 0.4) is 0 Å². The van der Waals surface area contributed by atoms with Crippen LogP contribution in [0.5, 0.6) is 0 Å². The molecule has 92 valence electrons. The first kappa shape index (κ1) is 14.9. The molecule has 2 heteroatoms. The SMILES string of the molecule is C1=CCCCC1.CCCCCC=CC(=O)O. The summed E-state index contributed by atoms with van der Waals surface area (Å²) in [7, 11) is 0. The van der Waals surface area contributed by atoms with Crippen molar-refractivity contribution < 1.29 is 9.90 Å². The zero-order valence-electron chi connectivity index (χ0n) is 10.3. The number of allylic oxidation sites excluding steroid dienone is 3. The van der Waals surface area contributed by atoms with Crippen LogP contribution in [0.2, 0.25) is 0 Å². The second-order valence-electron chi connectivity index (χ2n) is 3.99. The van der Waals surface area contributed by atoms with Gasteiger partial charge in [-0.2, -0.15) is 0 Å². The average Bonchev–Trinajstić information content (AvgIpc) is 2.31. The summed E-state index contributed by atoms with van der Waals surface area (Å²) in [5.74, 6) is -0.850. The minimum Gasteiger partial charge on any atom is -0.478 e. The van der Waals surface area contributed by atoms with Crippen molar-refractivity contribution in [2.24, 2.45) is 0 Å². The third-order valence-corrected chi connectivity index (χ3v) is 2.39. The van der Waals surface area contributed by atoms with Crippen molar-refractivity contribution in [1.82, 2.24) is 0 Å². The molecular formula is C14H24O2. The molecule has 0 fully saturated rings. The molecule has 0 unspecified atom stereocenters. The number of carbonyl (C=O) groups is 1. The smallest absolute Gasteiger partial charge is 0.327 e. The van der Waals surface area contributed by atoms with Gasteiger partial charge in [-0.05, 0) is 38.5 Å². The van der Waals surface area contributed by atoms with E-state index in [4.69, 9.17) is 5.11 Å². The van der Waals surface area contributed by atoms with Crippen molar-refractivity contribution >= 4 is 5.97 Å². The Labute approximate surface area is 99.1 Å². The number of hydrogen-bond donors (Lipinski definition) is 1. The molecule has 1 aliphatic carbocycles. The Kier molecular flexibility index (Phi) is 11.2. The third-order valence-electron chi connectivity index (χ3n) is 2.39. The lowest BCUT2D eigenvalue weighted by atomic mass is 10.1. The molecule has 1 aliphatic rings. The molecule has 0 aromatic heterocycles. The Bertz CT molecular complexity index is 209. The molecular weight excluding hydrogens is 200 g/mol. The lowest BCUT2D eigenvalue weighted by Crippen LogP contribution is -1.85. The Morgan fingerprint density at radius 2 is 1.88 bits per heavy atom. The number of carboxylic acid groups (broad SMARTS) is 1. The molecule has 1 N–H and O–H groups in total. The summed E-state index contributed by atoms with van der Waals surface area (Å²) < 4.78 is 0. The topological polar surface area (TPSA) is 37.3 Å². The summed E-state index contributed by atoms with van der Waals surface area (Å²) in [5, 5.41) is 8.18. The predicted octanol–water partition coefficient (Wildman–Crippen LogP) is 4.32. The van der Waals surface area contributed by atoms with Crippen LogP contribution in [0, 0.1) is 0 Å². The monoisotopic (exact) mass is 224 g/mol. The van der Waals surface area contributed by atoms with E-state index < -0.39 is 5.97 Å². The van der Waals surface area contributed by atoms with Gasteiger partial charge >= 0.3 is 5.97 Å². The fraction of sp³-hybridized carbons (Fsp3) is 0.643. The van der Waals surface area contributed by atoms with Gasteiger partial charge in [0.05, 0.1) is 0 Å². The van der Waals surface area contributed by atoms with Gasteiger partial charge in [0.2, 0.25) is 0 Å². The molecule has 0 amide bonds. The van der Waals surface area contributed by atoms with E-state index in [-0.39, 0.29) is 0 Å². The van der Waals surface area contributed by atoms with Crippen molar-refractivity contribution in [3.63, 3.8) is 0 Å². The molecule has 2 nitrogen and oxygen atoms in total. The van der Waals surface area contributed by atoms with E-state index in [2.05, 4.69) is 19.1 Å². The molecule has 0 atom stereocenters. The molecule has 0 spiro atoms. The van der Waals surface area contributed by atoms with Crippen molar-refractivity contribution in [2.75, 3.05) is 0 Å². The van der Waals surface area contributed by atoms with Crippen LogP contribution >= 0.6 is 0 Å². The van der Waals surface area contributed by atoms with Gasteiger partial charge in [-0.25, -0.2) is 4.79 Å². The average molecular weight is 224 g/mol. The lowest BCUT2D eigenvalue weighted by molar-refractivity contribution is -0.131. The highest BCUT2D eigenvalue weighted by Crippen LogP contribution is 2.07. The number of rotatable bonds is 5. The predicted molar refractivity (Wildman–Crippen MR) is 68.5 cm³/mol. The summed E-state index contributed by atoms with van der Waals surface area (Å²) in [4.78, 5) is 9.95. The fourth-order valence-electron chi connectivity index (χ4n) is 1.46. The number of hydrogen-bond acceptors (Lipinski definition) is 1. The van der Waals surface area contributed by atoms with Gasteiger partial charge < -0.3 is 5.11 Å². The zero-order valence-corrected chi connectivity index (χ0v) is 10.3. The molecule has 0 bridgehead atoms. The van der Waals surface area contributed by atoms with Gasteiger partial charge in [-0.1, -0.05) is 38.0 Å². The van der Waals surface area contributed by atoms with Crippen LogP contribution in [-0.4, -0.2) is 11.1 Å². The molecule has 0 saturated heterocycles. The van der Waals surface area contributed by atoms with Crippen molar-refractivity contribution in [2.45, 2.75) is 58.3 Å². The molecule has 0 aromatic rings. The molecule has 0 heterocycles. The summed E-state index contributed by atoms with van der Waals surface area (Å²) in [6, 6.07) is 0. The highest BCUT2D eigenvalue weighted by atomic mass is 16.4. The summed E-state index contributed by atoms with van der Waals surface area (Å²) in [6.07, 6.45) is 17.3. The standard InChI is InChI=1S/C8H14O2.C6H10/c1-2-3-4-5-6-7-8(9)10;1-2-4-6-5-3-1/h6-7H,2-5H2,1H3,(H,9,10);1-2H,3-6H2. The van der Waals surface area contributed by atoms with Gasteiger partial charge in [0.15, 0.2) is 0 Å². The first-order chi connectivity index (χ1) is 7.77. The highest BCUT2D eigenvalue weighted by Gasteiger charge is 1.87. The minimum atomic E-state index is -0.850. The Balaban J connectivity index is 0.000000315. The molecule has 0 aromatic carbocycles. The first-order valence-corrected chi connectivity index (χ1v) is 6.31. The van der Waals surface area contributed by atoms with Crippen molar-refractivity contribution in [3.05, 3.63) is 24.3 Å². The second kappa shape index (κ2) is 12.0. The summed E-state index contributed by atoms with van der Waals surface area (Å²) in [6.45, 7) is 2.13. The third kappa shape index (κ3) is 12.9. The van der Waals surface area contributed by atoms with Crippen LogP contribution in [-0.2, 0) is 4.79 Å². The van der Waals surface area contributed by atoms with Crippen LogP contribution in [0.25, 0.3) is 0 Å². The number of aliphatic carboxylic acids is 1. The summed E-state index contributed by atoms with van der Waals surface area (Å²) >= 11 is 0. The van der Waals surface area contributed by atoms with Gasteiger partial charge in [0.1, 0.15) is 0 Å². The number of unbranched alkanes of at least 4 members (excludes halogenated alkanes) is 3. The van der Waals surface area contributed by atoms with Crippen LogP contribution in [0.15, 0.2) is 24.3 Å². The van der Waals surface area contributed by atoms with Crippen LogP contribution in [0.4, 0.5) is 0 Å². The van der Waals surface area contributed by atoms with Gasteiger partial charge in [0, 0.05) is 6.08 Å². The van der Waals surface area contributed by atoms with Crippen molar-refractivity contribution in [1.29, 1.82) is 0 Å². The molecule has 0 saturated carbocycles. The normalized spacial score (nSPS) is 14.6. The van der Waals surface area contributed by atoms with Gasteiger partial charge in [0.25, 0.3) is 0 Å². The quantitative estimate of drug-likeness (QED) is 0.429. The second-order valence-corrected chi connectivity index (χ2v) is 3.99. The molecule has 1 rings (SSSR count). The molecule has 0 radical (unpaired) electrons. The maximum absolute atomic E-state index is 9.95. The van der Waals surface area contributed by atoms with Gasteiger partial charge in [-0.3, -0.25) is 0 Å². The maximum atomic E-state index is 9.95. The maximum Gasteiger partial charge on any atom is 0.327 e. The number of carboxylic acids is 1. The lowest BCUT2D eigenvalue weighted by Gasteiger charge is -1.97.